The summed E-state index contributed by atoms with van der Waals surface area (Å²) in [6, 6.07) is 10.7. The first-order chi connectivity index (χ1) is 11.2. The summed E-state index contributed by atoms with van der Waals surface area (Å²) >= 11 is 1.56. The van der Waals surface area contributed by atoms with Crippen LogP contribution in [0, 0.1) is 6.92 Å². The third-order valence-electron chi connectivity index (χ3n) is 4.60. The van der Waals surface area contributed by atoms with Crippen LogP contribution < -0.4 is 4.90 Å². The molecule has 1 aromatic carbocycles. The number of hydrogen-bond acceptors (Lipinski definition) is 4. The number of rotatable bonds is 3. The molecule has 3 aromatic rings. The minimum Gasteiger partial charge on any atom is -0.492 e. The zero-order valence-corrected chi connectivity index (χ0v) is 14.0. The van der Waals surface area contributed by atoms with Crippen LogP contribution in [0.2, 0.25) is 0 Å². The molecule has 0 unspecified atom stereocenters. The molecule has 0 spiro atoms. The summed E-state index contributed by atoms with van der Waals surface area (Å²) in [6.07, 6.45) is 3.81. The number of likely N-dealkylation sites (tertiary alicyclic amines) is 1. The van der Waals surface area contributed by atoms with Crippen LogP contribution >= 0.6 is 11.3 Å². The minimum absolute atomic E-state index is 0.158. The zero-order valence-electron chi connectivity index (χ0n) is 13.2. The highest BCUT2D eigenvalue weighted by atomic mass is 32.1. The van der Waals surface area contributed by atoms with E-state index in [4.69, 9.17) is 0 Å². The lowest BCUT2D eigenvalue weighted by Gasteiger charge is -2.31. The lowest BCUT2D eigenvalue weighted by molar-refractivity contribution is -0.929. The summed E-state index contributed by atoms with van der Waals surface area (Å²) in [5.41, 5.74) is 1.25. The Kier molecular flexibility index (Phi) is 3.79. The highest BCUT2D eigenvalue weighted by Crippen LogP contribution is 2.35. The Labute approximate surface area is 139 Å². The van der Waals surface area contributed by atoms with E-state index < -0.39 is 0 Å². The van der Waals surface area contributed by atoms with E-state index in [1.165, 1.54) is 29.7 Å². The van der Waals surface area contributed by atoms with Crippen molar-refractivity contribution >= 4 is 16.3 Å². The number of piperidine rings is 1. The standard InChI is InChI=1S/C17H20N4OS/c1-12-18-17-21(19-12)16(22)15(23-17)14(13-8-4-2-5-9-13)20-10-6-3-7-11-20/h2,4-5,8-9,14,22H,3,6-7,10-11H2,1H3/p+1/t14-/m1/s1. The van der Waals surface area contributed by atoms with Crippen molar-refractivity contribution in [3.63, 3.8) is 0 Å². The van der Waals surface area contributed by atoms with Gasteiger partial charge in [0, 0.05) is 5.56 Å². The smallest absolute Gasteiger partial charge is 0.235 e. The van der Waals surface area contributed by atoms with E-state index in [1.807, 2.05) is 13.0 Å². The maximum Gasteiger partial charge on any atom is 0.235 e. The predicted octanol–water partition coefficient (Wildman–Crippen LogP) is 1.96. The topological polar surface area (TPSA) is 54.9 Å². The highest BCUT2D eigenvalue weighted by molar-refractivity contribution is 7.17. The zero-order chi connectivity index (χ0) is 15.8. The van der Waals surface area contributed by atoms with Gasteiger partial charge in [0.05, 0.1) is 13.1 Å². The summed E-state index contributed by atoms with van der Waals surface area (Å²) in [4.78, 5) is 7.69. The largest absolute Gasteiger partial charge is 0.492 e. The van der Waals surface area contributed by atoms with E-state index in [0.717, 1.165) is 22.9 Å². The van der Waals surface area contributed by atoms with Gasteiger partial charge >= 0.3 is 0 Å². The lowest BCUT2D eigenvalue weighted by atomic mass is 10.0. The number of aryl methyl sites for hydroxylation is 1. The quantitative estimate of drug-likeness (QED) is 0.772. The molecule has 120 valence electrons. The van der Waals surface area contributed by atoms with Crippen LogP contribution in [0.4, 0.5) is 0 Å². The van der Waals surface area contributed by atoms with Crippen molar-refractivity contribution in [3.05, 3.63) is 46.6 Å². The van der Waals surface area contributed by atoms with Crippen LogP contribution in [0.15, 0.2) is 30.3 Å². The number of aromatic nitrogens is 3. The molecule has 3 heterocycles. The number of thiazole rings is 1. The van der Waals surface area contributed by atoms with Crippen LogP contribution in [0.3, 0.4) is 0 Å². The maximum atomic E-state index is 10.7. The summed E-state index contributed by atoms with van der Waals surface area (Å²) in [7, 11) is 0. The Bertz CT molecular complexity index is 805. The average Bonchev–Trinajstić information content (AvgIpc) is 3.08. The van der Waals surface area contributed by atoms with Gasteiger partial charge in [0.15, 0.2) is 6.04 Å². The number of nitrogens with zero attached hydrogens (tertiary/aromatic N) is 3. The van der Waals surface area contributed by atoms with Gasteiger partial charge in [-0.3, -0.25) is 0 Å². The van der Waals surface area contributed by atoms with E-state index in [-0.39, 0.29) is 11.9 Å². The summed E-state index contributed by atoms with van der Waals surface area (Å²) in [5, 5.41) is 15.0. The molecule has 23 heavy (non-hydrogen) atoms. The summed E-state index contributed by atoms with van der Waals surface area (Å²) in [5.74, 6) is 0.942. The molecule has 0 saturated carbocycles. The highest BCUT2D eigenvalue weighted by Gasteiger charge is 2.33. The SMILES string of the molecule is Cc1nc2sc([C@@H](c3ccccc3)[NH+]3CCCCC3)c(O)n2n1. The van der Waals surface area contributed by atoms with Crippen LogP contribution in [0.1, 0.15) is 41.6 Å². The fourth-order valence-corrected chi connectivity index (χ4v) is 4.74. The molecule has 2 aromatic heterocycles. The molecule has 0 aliphatic carbocycles. The molecule has 6 heteroatoms. The second-order valence-corrected chi connectivity index (χ2v) is 7.22. The van der Waals surface area contributed by atoms with Gasteiger partial charge in [-0.2, -0.15) is 4.52 Å². The second kappa shape index (κ2) is 5.94. The van der Waals surface area contributed by atoms with E-state index in [1.54, 1.807) is 15.9 Å². The van der Waals surface area contributed by atoms with Crippen molar-refractivity contribution in [2.75, 3.05) is 13.1 Å². The molecule has 1 fully saturated rings. The molecule has 1 aliphatic heterocycles. The van der Waals surface area contributed by atoms with Crippen LogP contribution in [0.5, 0.6) is 5.88 Å². The number of hydrogen-bond donors (Lipinski definition) is 2. The Morgan fingerprint density at radius 3 is 2.61 bits per heavy atom. The van der Waals surface area contributed by atoms with Crippen molar-refractivity contribution in [2.45, 2.75) is 32.2 Å². The van der Waals surface area contributed by atoms with Crippen LogP contribution in [0.25, 0.3) is 4.96 Å². The molecule has 1 aliphatic rings. The monoisotopic (exact) mass is 329 g/mol. The Morgan fingerprint density at radius 1 is 1.17 bits per heavy atom. The molecule has 0 bridgehead atoms. The maximum absolute atomic E-state index is 10.7. The third kappa shape index (κ3) is 2.62. The lowest BCUT2D eigenvalue weighted by Crippen LogP contribution is -3.13. The van der Waals surface area contributed by atoms with E-state index >= 15 is 0 Å². The first-order valence-electron chi connectivity index (χ1n) is 8.18. The molecule has 2 N–H and O–H groups in total. The van der Waals surface area contributed by atoms with Gasteiger partial charge in [0.1, 0.15) is 10.7 Å². The van der Waals surface area contributed by atoms with Crippen molar-refractivity contribution in [1.29, 1.82) is 0 Å². The Morgan fingerprint density at radius 2 is 1.91 bits per heavy atom. The number of aromatic hydroxyl groups is 1. The average molecular weight is 329 g/mol. The van der Waals surface area contributed by atoms with Gasteiger partial charge in [-0.05, 0) is 26.2 Å². The third-order valence-corrected chi connectivity index (χ3v) is 5.69. The van der Waals surface area contributed by atoms with Gasteiger partial charge in [-0.15, -0.1) is 5.10 Å². The van der Waals surface area contributed by atoms with Gasteiger partial charge < -0.3 is 10.0 Å². The fourth-order valence-electron chi connectivity index (χ4n) is 3.55. The van der Waals surface area contributed by atoms with E-state index in [0.29, 0.717) is 5.82 Å². The normalized spacial score (nSPS) is 17.6. The van der Waals surface area contributed by atoms with Crippen molar-refractivity contribution in [2.24, 2.45) is 0 Å². The van der Waals surface area contributed by atoms with Gasteiger partial charge in [-0.1, -0.05) is 41.7 Å². The minimum atomic E-state index is 0.158. The van der Waals surface area contributed by atoms with Crippen LogP contribution in [-0.4, -0.2) is 32.8 Å². The van der Waals surface area contributed by atoms with Crippen LogP contribution in [-0.2, 0) is 0 Å². The molecule has 0 amide bonds. The number of quaternary nitrogens is 1. The first kappa shape index (κ1) is 14.7. The van der Waals surface area contributed by atoms with Crippen molar-refractivity contribution in [1.82, 2.24) is 14.6 Å². The van der Waals surface area contributed by atoms with Gasteiger partial charge in [0.2, 0.25) is 10.8 Å². The van der Waals surface area contributed by atoms with Gasteiger partial charge in [0.25, 0.3) is 0 Å². The Hall–Kier alpha value is -1.92. The van der Waals surface area contributed by atoms with E-state index in [9.17, 15) is 5.11 Å². The molecular formula is C17H21N4OS+. The second-order valence-electron chi connectivity index (χ2n) is 6.21. The predicted molar refractivity (Wildman–Crippen MR) is 90.1 cm³/mol. The van der Waals surface area contributed by atoms with Crippen molar-refractivity contribution < 1.29 is 10.0 Å². The molecule has 4 rings (SSSR count). The fraction of sp³-hybridized carbons (Fsp3) is 0.412. The summed E-state index contributed by atoms with van der Waals surface area (Å²) < 4.78 is 1.58. The van der Waals surface area contributed by atoms with Crippen molar-refractivity contribution in [3.8, 4) is 5.88 Å². The molecule has 5 nitrogen and oxygen atoms in total. The van der Waals surface area contributed by atoms with Gasteiger partial charge in [-0.25, -0.2) is 4.98 Å². The number of nitrogens with one attached hydrogen (secondary N) is 1. The number of benzene rings is 1. The first-order valence-corrected chi connectivity index (χ1v) is 9.00. The molecular weight excluding hydrogens is 308 g/mol. The Balaban J connectivity index is 1.82. The molecule has 1 saturated heterocycles. The molecule has 1 atom stereocenters. The number of fused-ring (bicyclic) bond motifs is 1. The molecule has 0 radical (unpaired) electrons. The summed E-state index contributed by atoms with van der Waals surface area (Å²) in [6.45, 7) is 4.14. The van der Waals surface area contributed by atoms with E-state index in [2.05, 4.69) is 34.3 Å².